The lowest BCUT2D eigenvalue weighted by Gasteiger charge is -2.42. The van der Waals surface area contributed by atoms with Gasteiger partial charge in [0.25, 0.3) is 0 Å². The van der Waals surface area contributed by atoms with E-state index in [-0.39, 0.29) is 22.0 Å². The summed E-state index contributed by atoms with van der Waals surface area (Å²) in [6, 6.07) is 18.3. The van der Waals surface area contributed by atoms with Crippen molar-refractivity contribution in [1.82, 2.24) is 0 Å². The molecule has 0 heterocycles. The third kappa shape index (κ3) is 4.66. The summed E-state index contributed by atoms with van der Waals surface area (Å²) in [6.45, 7) is 11.2. The SMILES string of the molecule is C/C(=C\c1cccc(C(=O)O)c1-c1cccc(C(=O)O)c1)c1ccc2c(c1)C(C)(C)CCC2(C)C. The Morgan fingerprint density at radius 3 is 2.09 bits per heavy atom. The van der Waals surface area contributed by atoms with Gasteiger partial charge in [-0.1, -0.05) is 76.2 Å². The molecule has 4 nitrogen and oxygen atoms in total. The molecule has 0 spiro atoms. The number of carbonyl (C=O) groups is 2. The van der Waals surface area contributed by atoms with Crippen molar-refractivity contribution < 1.29 is 19.8 Å². The molecule has 35 heavy (non-hydrogen) atoms. The number of allylic oxidation sites excluding steroid dienone is 1. The van der Waals surface area contributed by atoms with Crippen molar-refractivity contribution in [2.75, 3.05) is 0 Å². The van der Waals surface area contributed by atoms with Crippen molar-refractivity contribution in [1.29, 1.82) is 0 Å². The third-order valence-corrected chi connectivity index (χ3v) is 7.41. The lowest BCUT2D eigenvalue weighted by atomic mass is 9.63. The number of carboxylic acid groups (broad SMARTS) is 2. The first-order chi connectivity index (χ1) is 16.4. The quantitative estimate of drug-likeness (QED) is 0.377. The summed E-state index contributed by atoms with van der Waals surface area (Å²) >= 11 is 0. The second-order valence-corrected chi connectivity index (χ2v) is 10.8. The van der Waals surface area contributed by atoms with E-state index in [2.05, 4.69) is 45.9 Å². The average molecular weight is 469 g/mol. The summed E-state index contributed by atoms with van der Waals surface area (Å²) in [5, 5.41) is 19.3. The van der Waals surface area contributed by atoms with Crippen LogP contribution in [0.25, 0.3) is 22.8 Å². The molecule has 0 aromatic heterocycles. The van der Waals surface area contributed by atoms with Crippen LogP contribution in [0.3, 0.4) is 0 Å². The van der Waals surface area contributed by atoms with E-state index >= 15 is 0 Å². The van der Waals surface area contributed by atoms with E-state index in [1.54, 1.807) is 24.3 Å². The lowest BCUT2D eigenvalue weighted by Crippen LogP contribution is -2.33. The molecule has 1 aliphatic carbocycles. The highest BCUT2D eigenvalue weighted by Crippen LogP contribution is 2.46. The largest absolute Gasteiger partial charge is 0.478 e. The van der Waals surface area contributed by atoms with Crippen molar-refractivity contribution in [3.63, 3.8) is 0 Å². The number of carboxylic acids is 2. The Balaban J connectivity index is 1.87. The monoisotopic (exact) mass is 468 g/mol. The highest BCUT2D eigenvalue weighted by molar-refractivity contribution is 6.01. The maximum absolute atomic E-state index is 12.1. The molecule has 0 bridgehead atoms. The van der Waals surface area contributed by atoms with Crippen LogP contribution in [0.1, 0.15) is 90.4 Å². The Bertz CT molecular complexity index is 1360. The van der Waals surface area contributed by atoms with Crippen LogP contribution in [-0.4, -0.2) is 22.2 Å². The molecule has 2 N–H and O–H groups in total. The minimum absolute atomic E-state index is 0.0901. The van der Waals surface area contributed by atoms with Gasteiger partial charge in [-0.15, -0.1) is 0 Å². The maximum atomic E-state index is 12.1. The number of rotatable bonds is 5. The summed E-state index contributed by atoms with van der Waals surface area (Å²) in [6.07, 6.45) is 4.28. The molecule has 3 aromatic carbocycles. The smallest absolute Gasteiger partial charge is 0.336 e. The molecule has 0 radical (unpaired) electrons. The summed E-state index contributed by atoms with van der Waals surface area (Å²) in [4.78, 5) is 23.6. The van der Waals surface area contributed by atoms with Gasteiger partial charge in [-0.05, 0) is 82.2 Å². The summed E-state index contributed by atoms with van der Waals surface area (Å²) in [7, 11) is 0. The van der Waals surface area contributed by atoms with E-state index in [9.17, 15) is 19.8 Å². The second-order valence-electron chi connectivity index (χ2n) is 10.8. The predicted octanol–water partition coefficient (Wildman–Crippen LogP) is 7.66. The predicted molar refractivity (Wildman–Crippen MR) is 141 cm³/mol. The maximum Gasteiger partial charge on any atom is 0.336 e. The minimum atomic E-state index is -1.05. The summed E-state index contributed by atoms with van der Waals surface area (Å²) < 4.78 is 0. The van der Waals surface area contributed by atoms with Gasteiger partial charge in [0, 0.05) is 5.56 Å². The molecule has 4 rings (SSSR count). The Kier molecular flexibility index (Phi) is 6.18. The Labute approximate surface area is 207 Å². The van der Waals surface area contributed by atoms with E-state index in [1.165, 1.54) is 23.3 Å². The van der Waals surface area contributed by atoms with E-state index in [0.717, 1.165) is 29.5 Å². The fraction of sp³-hybridized carbons (Fsp3) is 0.290. The lowest BCUT2D eigenvalue weighted by molar-refractivity contribution is 0.0687. The van der Waals surface area contributed by atoms with Gasteiger partial charge >= 0.3 is 11.9 Å². The second kappa shape index (κ2) is 8.84. The molecule has 0 saturated heterocycles. The van der Waals surface area contributed by atoms with Gasteiger partial charge in [0.05, 0.1) is 11.1 Å². The first kappa shape index (κ1) is 24.5. The van der Waals surface area contributed by atoms with Crippen LogP contribution in [0.15, 0.2) is 60.7 Å². The molecule has 0 atom stereocenters. The van der Waals surface area contributed by atoms with E-state index in [0.29, 0.717) is 11.1 Å². The molecular weight excluding hydrogens is 436 g/mol. The standard InChI is InChI=1S/C31H32O4/c1-19(20-12-13-25-26(18-20)31(4,5)15-14-30(25,2)3)16-21-9-7-11-24(29(34)35)27(21)22-8-6-10-23(17-22)28(32)33/h6-13,16-18H,14-15H2,1-5H3,(H,32,33)(H,34,35)/b19-16+. The third-order valence-electron chi connectivity index (χ3n) is 7.41. The van der Waals surface area contributed by atoms with Crippen LogP contribution in [0, 0.1) is 0 Å². The van der Waals surface area contributed by atoms with Crippen molar-refractivity contribution in [2.24, 2.45) is 0 Å². The number of hydrogen-bond donors (Lipinski definition) is 2. The number of aromatic carboxylic acids is 2. The Morgan fingerprint density at radius 1 is 0.771 bits per heavy atom. The first-order valence-electron chi connectivity index (χ1n) is 11.9. The highest BCUT2D eigenvalue weighted by Gasteiger charge is 2.37. The van der Waals surface area contributed by atoms with Gasteiger partial charge < -0.3 is 10.2 Å². The first-order valence-corrected chi connectivity index (χ1v) is 11.9. The van der Waals surface area contributed by atoms with E-state index in [4.69, 9.17) is 0 Å². The molecule has 0 fully saturated rings. The molecule has 0 aliphatic heterocycles. The highest BCUT2D eigenvalue weighted by atomic mass is 16.4. The molecule has 0 saturated carbocycles. The molecular formula is C31H32O4. The van der Waals surface area contributed by atoms with E-state index < -0.39 is 11.9 Å². The fourth-order valence-corrected chi connectivity index (χ4v) is 5.15. The molecule has 3 aromatic rings. The van der Waals surface area contributed by atoms with Crippen molar-refractivity contribution in [2.45, 2.75) is 58.3 Å². The van der Waals surface area contributed by atoms with Gasteiger partial charge in [0.2, 0.25) is 0 Å². The van der Waals surface area contributed by atoms with Gasteiger partial charge in [-0.3, -0.25) is 0 Å². The zero-order chi connectivity index (χ0) is 25.5. The molecule has 0 unspecified atom stereocenters. The zero-order valence-corrected chi connectivity index (χ0v) is 21.0. The van der Waals surface area contributed by atoms with Gasteiger partial charge in [-0.2, -0.15) is 0 Å². The summed E-state index contributed by atoms with van der Waals surface area (Å²) in [5.41, 5.74) is 7.18. The van der Waals surface area contributed by atoms with Crippen molar-refractivity contribution in [3.8, 4) is 11.1 Å². The Hall–Kier alpha value is -3.66. The van der Waals surface area contributed by atoms with Crippen LogP contribution < -0.4 is 0 Å². The normalized spacial score (nSPS) is 16.4. The number of fused-ring (bicyclic) bond motifs is 1. The van der Waals surface area contributed by atoms with Gasteiger partial charge in [0.15, 0.2) is 0 Å². The summed E-state index contributed by atoms with van der Waals surface area (Å²) in [5.74, 6) is -2.10. The zero-order valence-electron chi connectivity index (χ0n) is 21.0. The molecule has 180 valence electrons. The van der Waals surface area contributed by atoms with Crippen molar-refractivity contribution >= 4 is 23.6 Å². The van der Waals surface area contributed by atoms with Gasteiger partial charge in [0.1, 0.15) is 0 Å². The molecule has 4 heteroatoms. The van der Waals surface area contributed by atoms with Crippen LogP contribution in [-0.2, 0) is 10.8 Å². The fourth-order valence-electron chi connectivity index (χ4n) is 5.15. The Morgan fingerprint density at radius 2 is 1.43 bits per heavy atom. The number of hydrogen-bond acceptors (Lipinski definition) is 2. The van der Waals surface area contributed by atoms with Crippen LogP contribution >= 0.6 is 0 Å². The van der Waals surface area contributed by atoms with Gasteiger partial charge in [-0.25, -0.2) is 9.59 Å². The number of benzene rings is 3. The minimum Gasteiger partial charge on any atom is -0.478 e. The van der Waals surface area contributed by atoms with Crippen LogP contribution in [0.5, 0.6) is 0 Å². The average Bonchev–Trinajstić information content (AvgIpc) is 2.81. The van der Waals surface area contributed by atoms with Crippen molar-refractivity contribution in [3.05, 3.63) is 94.0 Å². The topological polar surface area (TPSA) is 74.6 Å². The molecule has 0 amide bonds. The van der Waals surface area contributed by atoms with Crippen LogP contribution in [0.4, 0.5) is 0 Å². The molecule has 1 aliphatic rings. The van der Waals surface area contributed by atoms with E-state index in [1.807, 2.05) is 19.1 Å². The van der Waals surface area contributed by atoms with Crippen LogP contribution in [0.2, 0.25) is 0 Å².